The smallest absolute Gasteiger partial charge is 0.414 e. The molecule has 3 amide bonds. The maximum atomic E-state index is 13.6. The lowest BCUT2D eigenvalue weighted by atomic mass is 9.81. The second-order valence-corrected chi connectivity index (χ2v) is 13.7. The van der Waals surface area contributed by atoms with Gasteiger partial charge in [0.05, 0.1) is 0 Å². The molecule has 9 heteroatoms. The molecule has 1 unspecified atom stereocenters. The summed E-state index contributed by atoms with van der Waals surface area (Å²) in [5.41, 5.74) is 0.525. The Morgan fingerprint density at radius 1 is 0.795 bits per heavy atom. The van der Waals surface area contributed by atoms with Crippen molar-refractivity contribution < 1.29 is 23.9 Å². The second-order valence-electron chi connectivity index (χ2n) is 13.7. The van der Waals surface area contributed by atoms with Crippen molar-refractivity contribution in [2.45, 2.75) is 91.3 Å². The van der Waals surface area contributed by atoms with Crippen LogP contribution in [0.5, 0.6) is 0 Å². The van der Waals surface area contributed by atoms with Gasteiger partial charge in [-0.15, -0.1) is 0 Å². The van der Waals surface area contributed by atoms with Crippen molar-refractivity contribution in [1.82, 2.24) is 15.5 Å². The number of nitrogens with one attached hydrogen (secondary N) is 2. The first kappa shape index (κ1) is 34.6. The number of nitrogens with zero attached hydrogens (tertiary/aromatic N) is 2. The molecule has 240 valence electrons. The minimum Gasteiger partial charge on any atom is -0.444 e. The van der Waals surface area contributed by atoms with Crippen LogP contribution < -0.4 is 10.6 Å². The minimum atomic E-state index is -0.705. The Balaban J connectivity index is 1.63. The number of hydrogen-bond donors (Lipinski definition) is 2. The number of amides is 3. The molecule has 1 saturated carbocycles. The molecule has 2 aromatic rings. The Bertz CT molecular complexity index is 1210. The fourth-order valence-corrected chi connectivity index (χ4v) is 5.26. The summed E-state index contributed by atoms with van der Waals surface area (Å²) in [5.74, 6) is 0.938. The maximum absolute atomic E-state index is 13.6. The highest BCUT2D eigenvalue weighted by atomic mass is 16.6. The lowest BCUT2D eigenvalue weighted by molar-refractivity contribution is 0.0543. The van der Waals surface area contributed by atoms with Crippen molar-refractivity contribution >= 4 is 24.1 Å². The lowest BCUT2D eigenvalue weighted by Crippen LogP contribution is -2.47. The summed E-state index contributed by atoms with van der Waals surface area (Å²) in [6, 6.07) is 19.8. The summed E-state index contributed by atoms with van der Waals surface area (Å²) >= 11 is 0. The van der Waals surface area contributed by atoms with Crippen molar-refractivity contribution in [1.29, 1.82) is 0 Å². The first-order chi connectivity index (χ1) is 20.7. The van der Waals surface area contributed by atoms with Gasteiger partial charge >= 0.3 is 12.2 Å². The number of carbonyl (C=O) groups is 3. The van der Waals surface area contributed by atoms with Crippen LogP contribution in [0.4, 0.5) is 9.59 Å². The van der Waals surface area contributed by atoms with Crippen LogP contribution in [0.3, 0.4) is 0 Å². The van der Waals surface area contributed by atoms with Gasteiger partial charge in [0, 0.05) is 25.2 Å². The van der Waals surface area contributed by atoms with Gasteiger partial charge in [0.25, 0.3) is 5.91 Å². The van der Waals surface area contributed by atoms with E-state index in [1.165, 1.54) is 5.56 Å². The molecule has 2 N–H and O–H groups in total. The molecule has 0 heterocycles. The van der Waals surface area contributed by atoms with Gasteiger partial charge in [-0.1, -0.05) is 55.5 Å². The van der Waals surface area contributed by atoms with E-state index in [-0.39, 0.29) is 23.7 Å². The number of carbonyl (C=O) groups excluding carboxylic acids is 3. The zero-order valence-corrected chi connectivity index (χ0v) is 27.4. The summed E-state index contributed by atoms with van der Waals surface area (Å²) in [5, 5.41) is 5.11. The van der Waals surface area contributed by atoms with Crippen LogP contribution >= 0.6 is 0 Å². The number of ether oxygens (including phenoxy) is 2. The van der Waals surface area contributed by atoms with Crippen LogP contribution in [0, 0.1) is 11.8 Å². The lowest BCUT2D eigenvalue weighted by Gasteiger charge is -2.34. The number of rotatable bonds is 8. The molecule has 2 aromatic carbocycles. The predicted octanol–water partition coefficient (Wildman–Crippen LogP) is 7.14. The van der Waals surface area contributed by atoms with E-state index in [9.17, 15) is 14.4 Å². The third kappa shape index (κ3) is 12.4. The van der Waals surface area contributed by atoms with E-state index < -0.39 is 23.4 Å². The molecule has 0 aromatic heterocycles. The van der Waals surface area contributed by atoms with Crippen molar-refractivity contribution in [3.05, 3.63) is 71.8 Å². The molecule has 44 heavy (non-hydrogen) atoms. The summed E-state index contributed by atoms with van der Waals surface area (Å²) in [6.07, 6.45) is 2.39. The molecule has 1 atom stereocenters. The SMILES string of the molecule is CC(CN(CC1CCC(CN=C(NC(=O)OC(C)(C)C)NC(=O)OC(C)(C)C)CC1)C(=O)c1ccccc1)c1ccccc1. The largest absolute Gasteiger partial charge is 0.444 e. The van der Waals surface area contributed by atoms with Crippen LogP contribution in [0.1, 0.15) is 96.0 Å². The monoisotopic (exact) mass is 606 g/mol. The Kier molecular flexibility index (Phi) is 12.4. The molecule has 1 aliphatic rings. The first-order valence-corrected chi connectivity index (χ1v) is 15.6. The van der Waals surface area contributed by atoms with Gasteiger partial charge < -0.3 is 14.4 Å². The average molecular weight is 607 g/mol. The molecule has 1 fully saturated rings. The van der Waals surface area contributed by atoms with Crippen molar-refractivity contribution in [2.75, 3.05) is 19.6 Å². The van der Waals surface area contributed by atoms with Gasteiger partial charge in [-0.25, -0.2) is 9.59 Å². The summed E-state index contributed by atoms with van der Waals surface area (Å²) in [7, 11) is 0. The zero-order valence-electron chi connectivity index (χ0n) is 27.4. The van der Waals surface area contributed by atoms with Crippen molar-refractivity contribution in [3.63, 3.8) is 0 Å². The fourth-order valence-electron chi connectivity index (χ4n) is 5.26. The van der Waals surface area contributed by atoms with E-state index in [0.29, 0.717) is 31.1 Å². The minimum absolute atomic E-state index is 0.00477. The molecular formula is C35H50N4O5. The number of benzene rings is 2. The van der Waals surface area contributed by atoms with Gasteiger partial charge in [-0.3, -0.25) is 20.4 Å². The predicted molar refractivity (Wildman–Crippen MR) is 174 cm³/mol. The molecule has 0 spiro atoms. The summed E-state index contributed by atoms with van der Waals surface area (Å²) in [6.45, 7) is 14.5. The van der Waals surface area contributed by atoms with Crippen LogP contribution in [0.15, 0.2) is 65.7 Å². The Hall–Kier alpha value is -3.88. The maximum Gasteiger partial charge on any atom is 0.414 e. The number of guanidine groups is 1. The third-order valence-corrected chi connectivity index (χ3v) is 7.36. The Morgan fingerprint density at radius 3 is 1.77 bits per heavy atom. The van der Waals surface area contributed by atoms with E-state index >= 15 is 0 Å². The third-order valence-electron chi connectivity index (χ3n) is 7.36. The van der Waals surface area contributed by atoms with E-state index in [4.69, 9.17) is 9.47 Å². The number of aliphatic imine (C=N–C) groups is 1. The molecule has 0 saturated heterocycles. The molecule has 0 radical (unpaired) electrons. The van der Waals surface area contributed by atoms with Crippen molar-refractivity contribution in [2.24, 2.45) is 16.8 Å². The van der Waals surface area contributed by atoms with Crippen LogP contribution in [-0.4, -0.2) is 59.8 Å². The van der Waals surface area contributed by atoms with Gasteiger partial charge in [0.2, 0.25) is 5.96 Å². The van der Waals surface area contributed by atoms with E-state index in [1.807, 2.05) is 53.4 Å². The van der Waals surface area contributed by atoms with E-state index in [1.54, 1.807) is 41.5 Å². The number of hydrogen-bond acceptors (Lipinski definition) is 6. The average Bonchev–Trinajstić information content (AvgIpc) is 2.94. The van der Waals surface area contributed by atoms with Gasteiger partial charge in [-0.2, -0.15) is 0 Å². The van der Waals surface area contributed by atoms with Gasteiger partial charge in [0.1, 0.15) is 11.2 Å². The van der Waals surface area contributed by atoms with Crippen LogP contribution in [0.25, 0.3) is 0 Å². The Labute approximate surface area is 262 Å². The van der Waals surface area contributed by atoms with Gasteiger partial charge in [0.15, 0.2) is 0 Å². The fraction of sp³-hybridized carbons (Fsp3) is 0.543. The van der Waals surface area contributed by atoms with E-state index in [0.717, 1.165) is 25.7 Å². The summed E-state index contributed by atoms with van der Waals surface area (Å²) < 4.78 is 10.7. The molecule has 0 bridgehead atoms. The molecular weight excluding hydrogens is 556 g/mol. The van der Waals surface area contributed by atoms with Gasteiger partial charge in [-0.05, 0) is 103 Å². The van der Waals surface area contributed by atoms with Crippen LogP contribution in [-0.2, 0) is 9.47 Å². The normalized spacial score (nSPS) is 17.5. The molecule has 9 nitrogen and oxygen atoms in total. The quantitative estimate of drug-likeness (QED) is 0.245. The molecule has 3 rings (SSSR count). The Morgan fingerprint density at radius 2 is 1.27 bits per heavy atom. The number of alkyl carbamates (subject to hydrolysis) is 2. The summed E-state index contributed by atoms with van der Waals surface area (Å²) in [4.78, 5) is 45.0. The second kappa shape index (κ2) is 15.7. The molecule has 1 aliphatic carbocycles. The highest BCUT2D eigenvalue weighted by Gasteiger charge is 2.27. The highest BCUT2D eigenvalue weighted by molar-refractivity contribution is 6.01. The topological polar surface area (TPSA) is 109 Å². The van der Waals surface area contributed by atoms with Crippen LogP contribution in [0.2, 0.25) is 0 Å². The standard InChI is InChI=1S/C35H50N4O5/c1-25(28-14-10-8-11-15-28)23-39(30(40)29-16-12-9-13-17-29)24-27-20-18-26(19-21-27)22-36-31(37-32(41)43-34(2,3)4)38-33(42)44-35(5,6)7/h8-17,25-27H,18-24H2,1-7H3,(H2,36,37,38,41,42). The first-order valence-electron chi connectivity index (χ1n) is 15.6. The highest BCUT2D eigenvalue weighted by Crippen LogP contribution is 2.31. The van der Waals surface area contributed by atoms with E-state index in [2.05, 4.69) is 34.7 Å². The van der Waals surface area contributed by atoms with Crippen molar-refractivity contribution in [3.8, 4) is 0 Å². The zero-order chi connectivity index (χ0) is 32.3. The molecule has 0 aliphatic heterocycles.